The van der Waals surface area contributed by atoms with Crippen LogP contribution in [0.1, 0.15) is 16.8 Å². The van der Waals surface area contributed by atoms with Crippen molar-refractivity contribution >= 4 is 11.6 Å². The highest BCUT2D eigenvalue weighted by Gasteiger charge is 2.08. The van der Waals surface area contributed by atoms with Gasteiger partial charge in [-0.15, -0.1) is 0 Å². The zero-order valence-corrected chi connectivity index (χ0v) is 10.7. The molecule has 18 heavy (non-hydrogen) atoms. The minimum absolute atomic E-state index is 0.103. The van der Waals surface area contributed by atoms with Gasteiger partial charge < -0.3 is 0 Å². The van der Waals surface area contributed by atoms with E-state index in [4.69, 9.17) is 11.6 Å². The monoisotopic (exact) mass is 266 g/mol. The first-order chi connectivity index (χ1) is 8.49. The fourth-order valence-corrected chi connectivity index (χ4v) is 1.69. The van der Waals surface area contributed by atoms with Crippen LogP contribution in [0.5, 0.6) is 0 Å². The van der Waals surface area contributed by atoms with Gasteiger partial charge in [0, 0.05) is 17.3 Å². The largest absolute Gasteiger partial charge is 0.268 e. The fraction of sp³-hybridized carbons (Fsp3) is 0.273. The molecule has 0 aliphatic heterocycles. The van der Waals surface area contributed by atoms with Crippen molar-refractivity contribution in [3.05, 3.63) is 55.1 Å². The summed E-state index contributed by atoms with van der Waals surface area (Å²) in [5, 5.41) is 2.60. The van der Waals surface area contributed by atoms with Crippen molar-refractivity contribution in [1.29, 1.82) is 0 Å². The van der Waals surface area contributed by atoms with E-state index in [0.717, 1.165) is 0 Å². The first-order valence-electron chi connectivity index (χ1n) is 5.27. The van der Waals surface area contributed by atoms with Crippen molar-refractivity contribution in [2.75, 3.05) is 0 Å². The lowest BCUT2D eigenvalue weighted by molar-refractivity contribution is 0.607. The minimum atomic E-state index is -0.285. The van der Waals surface area contributed by atoms with Crippen LogP contribution in [0.15, 0.2) is 21.9 Å². The first-order valence-corrected chi connectivity index (χ1v) is 5.64. The minimum Gasteiger partial charge on any atom is -0.268 e. The average molecular weight is 267 g/mol. The zero-order chi connectivity index (χ0) is 13.3. The number of nitrogens with one attached hydrogen (secondary N) is 1. The number of hydrogen-bond acceptors (Lipinski definition) is 4. The lowest BCUT2D eigenvalue weighted by atomic mass is 10.2. The second-order valence-corrected chi connectivity index (χ2v) is 4.24. The molecule has 0 unspecified atom stereocenters. The van der Waals surface area contributed by atoms with Crippen LogP contribution in [0.2, 0.25) is 5.28 Å². The summed E-state index contributed by atoms with van der Waals surface area (Å²) in [6.07, 6.45) is 1.49. The average Bonchev–Trinajstić information content (AvgIpc) is 2.33. The van der Waals surface area contributed by atoms with Crippen molar-refractivity contribution < 1.29 is 0 Å². The van der Waals surface area contributed by atoms with E-state index in [1.54, 1.807) is 19.9 Å². The van der Waals surface area contributed by atoms with Gasteiger partial charge >= 0.3 is 0 Å². The molecule has 7 heteroatoms. The summed E-state index contributed by atoms with van der Waals surface area (Å²) >= 11 is 5.66. The Kier molecular flexibility index (Phi) is 3.29. The summed E-state index contributed by atoms with van der Waals surface area (Å²) in [5.74, 6) is 0. The van der Waals surface area contributed by atoms with Crippen LogP contribution in [0.25, 0.3) is 0 Å². The Morgan fingerprint density at radius 3 is 2.72 bits per heavy atom. The molecule has 1 N–H and O–H groups in total. The predicted molar refractivity (Wildman–Crippen MR) is 66.9 cm³/mol. The molecule has 0 amide bonds. The molecule has 0 saturated heterocycles. The Bertz CT molecular complexity index is 705. The van der Waals surface area contributed by atoms with Crippen LogP contribution in [0, 0.1) is 13.8 Å². The Hall–Kier alpha value is -1.95. The third-order valence-corrected chi connectivity index (χ3v) is 2.89. The smallest absolute Gasteiger partial charge is 0.268 e. The SMILES string of the molecule is Cc1c(C)c(=O)n(Cc2ccnc(Cl)n2)[nH]c1=O. The standard InChI is InChI=1S/C11H11ClN4O2/c1-6-7(2)10(18)16(15-9(6)17)5-8-3-4-13-11(12)14-8/h3-4H,5H2,1-2H3,(H,15,17). The Morgan fingerprint density at radius 1 is 1.33 bits per heavy atom. The first kappa shape index (κ1) is 12.5. The van der Waals surface area contributed by atoms with Crippen molar-refractivity contribution in [2.24, 2.45) is 0 Å². The molecule has 0 atom stereocenters. The fourth-order valence-electron chi connectivity index (χ4n) is 1.52. The summed E-state index contributed by atoms with van der Waals surface area (Å²) in [4.78, 5) is 31.3. The van der Waals surface area contributed by atoms with Crippen LogP contribution >= 0.6 is 11.6 Å². The van der Waals surface area contributed by atoms with Crippen molar-refractivity contribution in [3.8, 4) is 0 Å². The Labute approximate surface area is 107 Å². The number of aromatic nitrogens is 4. The van der Waals surface area contributed by atoms with E-state index >= 15 is 0 Å². The molecule has 0 radical (unpaired) electrons. The predicted octanol–water partition coefficient (Wildman–Crippen LogP) is 0.645. The van der Waals surface area contributed by atoms with Gasteiger partial charge in [-0.2, -0.15) is 0 Å². The van der Waals surface area contributed by atoms with Crippen LogP contribution in [-0.4, -0.2) is 19.7 Å². The summed E-state index contributed by atoms with van der Waals surface area (Å²) in [6, 6.07) is 1.63. The van der Waals surface area contributed by atoms with Gasteiger partial charge in [0.2, 0.25) is 5.28 Å². The van der Waals surface area contributed by atoms with Crippen molar-refractivity contribution in [1.82, 2.24) is 19.7 Å². The molecule has 0 spiro atoms. The molecule has 2 aromatic rings. The van der Waals surface area contributed by atoms with E-state index < -0.39 is 0 Å². The van der Waals surface area contributed by atoms with E-state index in [0.29, 0.717) is 16.8 Å². The molecule has 94 valence electrons. The molecule has 6 nitrogen and oxygen atoms in total. The van der Waals surface area contributed by atoms with Crippen molar-refractivity contribution in [2.45, 2.75) is 20.4 Å². The molecular weight excluding hydrogens is 256 g/mol. The lowest BCUT2D eigenvalue weighted by Gasteiger charge is -2.07. The maximum Gasteiger partial charge on any atom is 0.268 e. The summed E-state index contributed by atoms with van der Waals surface area (Å²) in [5.41, 5.74) is 0.876. The molecule has 2 heterocycles. The molecule has 0 fully saturated rings. The number of nitrogens with zero attached hydrogens (tertiary/aromatic N) is 3. The van der Waals surface area contributed by atoms with Gasteiger partial charge in [-0.05, 0) is 31.5 Å². The third kappa shape index (κ3) is 2.33. The zero-order valence-electron chi connectivity index (χ0n) is 9.90. The summed E-state index contributed by atoms with van der Waals surface area (Å²) in [6.45, 7) is 3.38. The van der Waals surface area contributed by atoms with E-state index in [1.807, 2.05) is 0 Å². The lowest BCUT2D eigenvalue weighted by Crippen LogP contribution is -2.33. The van der Waals surface area contributed by atoms with Crippen LogP contribution < -0.4 is 11.1 Å². The van der Waals surface area contributed by atoms with Gasteiger partial charge in [0.15, 0.2) is 0 Å². The Balaban J connectivity index is 2.48. The Morgan fingerprint density at radius 2 is 2.06 bits per heavy atom. The second-order valence-electron chi connectivity index (χ2n) is 3.90. The molecule has 2 rings (SSSR count). The van der Waals surface area contributed by atoms with Gasteiger partial charge in [0.05, 0.1) is 12.2 Å². The maximum atomic E-state index is 11.9. The topological polar surface area (TPSA) is 80.6 Å². The van der Waals surface area contributed by atoms with Crippen LogP contribution in [0.4, 0.5) is 0 Å². The van der Waals surface area contributed by atoms with Gasteiger partial charge in [-0.25, -0.2) is 14.6 Å². The quantitative estimate of drug-likeness (QED) is 0.809. The molecule has 0 aliphatic carbocycles. The van der Waals surface area contributed by atoms with Crippen LogP contribution in [-0.2, 0) is 6.54 Å². The molecular formula is C11H11ClN4O2. The highest BCUT2D eigenvalue weighted by Crippen LogP contribution is 2.01. The third-order valence-electron chi connectivity index (χ3n) is 2.71. The number of rotatable bonds is 2. The van der Waals surface area contributed by atoms with E-state index in [9.17, 15) is 9.59 Å². The van der Waals surface area contributed by atoms with Gasteiger partial charge in [0.1, 0.15) is 0 Å². The van der Waals surface area contributed by atoms with Gasteiger partial charge in [-0.3, -0.25) is 14.7 Å². The highest BCUT2D eigenvalue weighted by molar-refractivity contribution is 6.28. The van der Waals surface area contributed by atoms with E-state index in [2.05, 4.69) is 15.1 Å². The number of H-pyrrole nitrogens is 1. The molecule has 0 aromatic carbocycles. The normalized spacial score (nSPS) is 10.6. The van der Waals surface area contributed by atoms with E-state index in [1.165, 1.54) is 10.9 Å². The second kappa shape index (κ2) is 4.73. The van der Waals surface area contributed by atoms with Gasteiger partial charge in [-0.1, -0.05) is 0 Å². The molecule has 0 bridgehead atoms. The van der Waals surface area contributed by atoms with E-state index in [-0.39, 0.29) is 22.9 Å². The molecule has 0 saturated carbocycles. The highest BCUT2D eigenvalue weighted by atomic mass is 35.5. The number of hydrogen-bond donors (Lipinski definition) is 1. The maximum absolute atomic E-state index is 11.9. The summed E-state index contributed by atoms with van der Waals surface area (Å²) in [7, 11) is 0. The molecule has 0 aliphatic rings. The number of aromatic amines is 1. The molecule has 2 aromatic heterocycles. The number of halogens is 1. The van der Waals surface area contributed by atoms with Gasteiger partial charge in [0.25, 0.3) is 11.1 Å². The van der Waals surface area contributed by atoms with Crippen LogP contribution in [0.3, 0.4) is 0 Å². The van der Waals surface area contributed by atoms with Crippen molar-refractivity contribution in [3.63, 3.8) is 0 Å². The summed E-state index contributed by atoms with van der Waals surface area (Å²) < 4.78 is 1.21.